The molecule has 4 heteroatoms. The van der Waals surface area contributed by atoms with E-state index in [4.69, 9.17) is 0 Å². The Morgan fingerprint density at radius 2 is 1.79 bits per heavy atom. The van der Waals surface area contributed by atoms with E-state index in [1.54, 1.807) is 6.92 Å². The average molecular weight is 270 g/mol. The Hall–Kier alpha value is -0.900. The summed E-state index contributed by atoms with van der Waals surface area (Å²) in [5, 5.41) is 6.11. The Labute approximate surface area is 117 Å². The van der Waals surface area contributed by atoms with E-state index in [-0.39, 0.29) is 17.7 Å². The second-order valence-corrected chi connectivity index (χ2v) is 5.02. The van der Waals surface area contributed by atoms with Gasteiger partial charge in [0, 0.05) is 13.0 Å². The molecule has 19 heavy (non-hydrogen) atoms. The molecule has 0 saturated heterocycles. The monoisotopic (exact) mass is 270 g/mol. The van der Waals surface area contributed by atoms with Gasteiger partial charge in [0.15, 0.2) is 0 Å². The molecule has 2 N–H and O–H groups in total. The van der Waals surface area contributed by atoms with Gasteiger partial charge in [0.1, 0.15) is 5.78 Å². The van der Waals surface area contributed by atoms with Crippen molar-refractivity contribution in [2.45, 2.75) is 71.8 Å². The van der Waals surface area contributed by atoms with Crippen LogP contribution in [0.4, 0.5) is 0 Å². The molecule has 0 bridgehead atoms. The van der Waals surface area contributed by atoms with Gasteiger partial charge in [0.05, 0.1) is 6.04 Å². The van der Waals surface area contributed by atoms with Gasteiger partial charge in [-0.3, -0.25) is 9.59 Å². The van der Waals surface area contributed by atoms with Crippen LogP contribution in [0.15, 0.2) is 0 Å². The number of carbonyl (C=O) groups is 2. The van der Waals surface area contributed by atoms with Gasteiger partial charge in [-0.25, -0.2) is 0 Å². The van der Waals surface area contributed by atoms with E-state index < -0.39 is 0 Å². The van der Waals surface area contributed by atoms with Crippen molar-refractivity contribution in [2.24, 2.45) is 0 Å². The van der Waals surface area contributed by atoms with Gasteiger partial charge < -0.3 is 10.6 Å². The van der Waals surface area contributed by atoms with Crippen LogP contribution >= 0.6 is 0 Å². The SMILES string of the molecule is CCCCCC(=O)NCCCCC(NCC)C(C)=O. The van der Waals surface area contributed by atoms with Crippen LogP contribution in [0.3, 0.4) is 0 Å². The Bertz CT molecular complexity index is 255. The molecular weight excluding hydrogens is 240 g/mol. The zero-order chi connectivity index (χ0) is 14.5. The summed E-state index contributed by atoms with van der Waals surface area (Å²) in [5.74, 6) is 0.355. The largest absolute Gasteiger partial charge is 0.356 e. The van der Waals surface area contributed by atoms with Gasteiger partial charge in [-0.15, -0.1) is 0 Å². The molecule has 1 unspecified atom stereocenters. The fourth-order valence-electron chi connectivity index (χ4n) is 2.02. The number of Topliss-reactive ketones (excluding diaryl/α,β-unsaturated/α-hetero) is 1. The minimum atomic E-state index is -0.0229. The molecule has 0 aliphatic carbocycles. The highest BCUT2D eigenvalue weighted by Gasteiger charge is 2.11. The van der Waals surface area contributed by atoms with Gasteiger partial charge in [0.2, 0.25) is 5.91 Å². The summed E-state index contributed by atoms with van der Waals surface area (Å²) in [7, 11) is 0. The van der Waals surface area contributed by atoms with Crippen LogP contribution in [-0.4, -0.2) is 30.8 Å². The maximum atomic E-state index is 11.4. The van der Waals surface area contributed by atoms with E-state index in [1.165, 1.54) is 0 Å². The zero-order valence-corrected chi connectivity index (χ0v) is 12.8. The van der Waals surface area contributed by atoms with E-state index in [0.717, 1.165) is 51.6 Å². The topological polar surface area (TPSA) is 58.2 Å². The van der Waals surface area contributed by atoms with Gasteiger partial charge in [0.25, 0.3) is 0 Å². The van der Waals surface area contributed by atoms with Crippen LogP contribution in [0.25, 0.3) is 0 Å². The zero-order valence-electron chi connectivity index (χ0n) is 12.8. The highest BCUT2D eigenvalue weighted by Crippen LogP contribution is 2.02. The first-order valence-corrected chi connectivity index (χ1v) is 7.62. The molecule has 112 valence electrons. The molecule has 4 nitrogen and oxygen atoms in total. The molecule has 0 aromatic carbocycles. The number of unbranched alkanes of at least 4 members (excludes halogenated alkanes) is 3. The third kappa shape index (κ3) is 10.7. The number of likely N-dealkylation sites (N-methyl/N-ethyl adjacent to an activating group) is 1. The molecule has 0 aliphatic rings. The maximum Gasteiger partial charge on any atom is 0.219 e. The highest BCUT2D eigenvalue weighted by molar-refractivity contribution is 5.81. The first-order chi connectivity index (χ1) is 9.11. The molecule has 0 rings (SSSR count). The fourth-order valence-corrected chi connectivity index (χ4v) is 2.02. The number of amides is 1. The molecule has 0 heterocycles. The van der Waals surface area contributed by atoms with Crippen molar-refractivity contribution < 1.29 is 9.59 Å². The highest BCUT2D eigenvalue weighted by atomic mass is 16.1. The number of hydrogen-bond donors (Lipinski definition) is 2. The number of hydrogen-bond acceptors (Lipinski definition) is 3. The van der Waals surface area contributed by atoms with Crippen molar-refractivity contribution >= 4 is 11.7 Å². The van der Waals surface area contributed by atoms with Gasteiger partial charge in [-0.05, 0) is 39.2 Å². The Balaban J connectivity index is 3.52. The van der Waals surface area contributed by atoms with Gasteiger partial charge in [-0.2, -0.15) is 0 Å². The van der Waals surface area contributed by atoms with E-state index in [9.17, 15) is 9.59 Å². The van der Waals surface area contributed by atoms with Crippen LogP contribution in [0.1, 0.15) is 65.7 Å². The minimum absolute atomic E-state index is 0.0229. The molecule has 0 radical (unpaired) electrons. The van der Waals surface area contributed by atoms with Crippen LogP contribution in [-0.2, 0) is 9.59 Å². The lowest BCUT2D eigenvalue weighted by atomic mass is 10.1. The predicted molar refractivity (Wildman–Crippen MR) is 79.1 cm³/mol. The first kappa shape index (κ1) is 18.1. The Kier molecular flexibility index (Phi) is 11.6. The summed E-state index contributed by atoms with van der Waals surface area (Å²) >= 11 is 0. The van der Waals surface area contributed by atoms with Crippen molar-refractivity contribution in [3.63, 3.8) is 0 Å². The maximum absolute atomic E-state index is 11.4. The van der Waals surface area contributed by atoms with E-state index >= 15 is 0 Å². The number of nitrogens with one attached hydrogen (secondary N) is 2. The molecule has 1 amide bonds. The molecule has 0 fully saturated rings. The smallest absolute Gasteiger partial charge is 0.219 e. The van der Waals surface area contributed by atoms with Crippen molar-refractivity contribution in [2.75, 3.05) is 13.1 Å². The summed E-state index contributed by atoms with van der Waals surface area (Å²) < 4.78 is 0. The molecular formula is C15H30N2O2. The average Bonchev–Trinajstić information content (AvgIpc) is 2.37. The Morgan fingerprint density at radius 1 is 1.05 bits per heavy atom. The second-order valence-electron chi connectivity index (χ2n) is 5.02. The third-order valence-corrected chi connectivity index (χ3v) is 3.19. The molecule has 0 spiro atoms. The quantitative estimate of drug-likeness (QED) is 0.535. The first-order valence-electron chi connectivity index (χ1n) is 7.62. The Morgan fingerprint density at radius 3 is 2.37 bits per heavy atom. The molecule has 0 aliphatic heterocycles. The van der Waals surface area contributed by atoms with Crippen molar-refractivity contribution in [3.05, 3.63) is 0 Å². The number of carbonyl (C=O) groups excluding carboxylic acids is 2. The van der Waals surface area contributed by atoms with Crippen molar-refractivity contribution in [1.29, 1.82) is 0 Å². The second kappa shape index (κ2) is 12.2. The summed E-state index contributed by atoms with van der Waals surface area (Å²) in [4.78, 5) is 22.8. The summed E-state index contributed by atoms with van der Waals surface area (Å²) in [5.41, 5.74) is 0. The van der Waals surface area contributed by atoms with Gasteiger partial charge in [-0.1, -0.05) is 26.7 Å². The predicted octanol–water partition coefficient (Wildman–Crippen LogP) is 2.42. The molecule has 1 atom stereocenters. The van der Waals surface area contributed by atoms with Gasteiger partial charge >= 0.3 is 0 Å². The molecule has 0 aromatic rings. The summed E-state index contributed by atoms with van der Waals surface area (Å²) in [6, 6.07) is -0.0229. The van der Waals surface area contributed by atoms with Crippen LogP contribution in [0.5, 0.6) is 0 Å². The third-order valence-electron chi connectivity index (χ3n) is 3.19. The summed E-state index contributed by atoms with van der Waals surface area (Å²) in [6.45, 7) is 7.31. The van der Waals surface area contributed by atoms with E-state index in [1.807, 2.05) is 6.92 Å². The van der Waals surface area contributed by atoms with Crippen LogP contribution in [0.2, 0.25) is 0 Å². The standard InChI is InChI=1S/C15H30N2O2/c1-4-6-7-11-15(19)17-12-9-8-10-14(13(3)18)16-5-2/h14,16H,4-12H2,1-3H3,(H,17,19). The van der Waals surface area contributed by atoms with Crippen molar-refractivity contribution in [1.82, 2.24) is 10.6 Å². The summed E-state index contributed by atoms with van der Waals surface area (Å²) in [6.07, 6.45) is 6.65. The lowest BCUT2D eigenvalue weighted by Crippen LogP contribution is -2.35. The van der Waals surface area contributed by atoms with Crippen molar-refractivity contribution in [3.8, 4) is 0 Å². The normalized spacial score (nSPS) is 12.2. The number of ketones is 1. The van der Waals surface area contributed by atoms with E-state index in [0.29, 0.717) is 6.42 Å². The van der Waals surface area contributed by atoms with Crippen LogP contribution in [0, 0.1) is 0 Å². The van der Waals surface area contributed by atoms with E-state index in [2.05, 4.69) is 17.6 Å². The lowest BCUT2D eigenvalue weighted by molar-refractivity contribution is -0.121. The minimum Gasteiger partial charge on any atom is -0.356 e. The fraction of sp³-hybridized carbons (Fsp3) is 0.867. The lowest BCUT2D eigenvalue weighted by Gasteiger charge is -2.14. The molecule has 0 aromatic heterocycles. The number of rotatable bonds is 12. The van der Waals surface area contributed by atoms with Crippen LogP contribution < -0.4 is 10.6 Å². The molecule has 0 saturated carbocycles.